The van der Waals surface area contributed by atoms with Crippen molar-refractivity contribution in [3.8, 4) is 0 Å². The second-order valence-electron chi connectivity index (χ2n) is 6.42. The van der Waals surface area contributed by atoms with Gasteiger partial charge in [0.2, 0.25) is 15.9 Å². The van der Waals surface area contributed by atoms with Crippen LogP contribution in [0.3, 0.4) is 0 Å². The molecular weight excluding hydrogens is 324 g/mol. The van der Waals surface area contributed by atoms with Gasteiger partial charge in [0.05, 0.1) is 17.7 Å². The molecule has 2 rings (SSSR count). The Kier molecular flexibility index (Phi) is 6.40. The summed E-state index contributed by atoms with van der Waals surface area (Å²) in [6.45, 7) is 6.55. The Bertz CT molecular complexity index is 673. The lowest BCUT2D eigenvalue weighted by Crippen LogP contribution is -2.46. The van der Waals surface area contributed by atoms with Crippen molar-refractivity contribution in [2.24, 2.45) is 5.92 Å². The summed E-state index contributed by atoms with van der Waals surface area (Å²) < 4.78 is 25.6. The van der Waals surface area contributed by atoms with Crippen molar-refractivity contribution < 1.29 is 13.2 Å². The van der Waals surface area contributed by atoms with Crippen molar-refractivity contribution in [1.82, 2.24) is 9.62 Å². The van der Waals surface area contributed by atoms with Crippen LogP contribution < -0.4 is 5.32 Å². The van der Waals surface area contributed by atoms with E-state index in [4.69, 9.17) is 0 Å². The maximum atomic E-state index is 12.7. The van der Waals surface area contributed by atoms with Crippen LogP contribution in [0.5, 0.6) is 0 Å². The Balaban J connectivity index is 2.07. The molecule has 0 spiro atoms. The number of carbonyl (C=O) groups is 1. The predicted octanol–water partition coefficient (Wildman–Crippen LogP) is 2.62. The van der Waals surface area contributed by atoms with Crippen LogP contribution in [-0.4, -0.2) is 37.5 Å². The number of nitrogens with zero attached hydrogens (tertiary/aromatic N) is 1. The number of piperidine rings is 1. The van der Waals surface area contributed by atoms with Crippen molar-refractivity contribution in [3.63, 3.8) is 0 Å². The summed E-state index contributed by atoms with van der Waals surface area (Å²) in [5.74, 6) is -0.221. The molecule has 24 heavy (non-hydrogen) atoms. The van der Waals surface area contributed by atoms with Crippen molar-refractivity contribution in [3.05, 3.63) is 35.4 Å². The monoisotopic (exact) mass is 352 g/mol. The molecule has 0 aliphatic carbocycles. The largest absolute Gasteiger partial charge is 0.349 e. The Labute approximate surface area is 145 Å². The molecule has 134 valence electrons. The van der Waals surface area contributed by atoms with Gasteiger partial charge in [0.25, 0.3) is 0 Å². The zero-order valence-electron chi connectivity index (χ0n) is 14.8. The van der Waals surface area contributed by atoms with Crippen molar-refractivity contribution in [2.45, 2.75) is 46.1 Å². The summed E-state index contributed by atoms with van der Waals surface area (Å²) in [6.07, 6.45) is 2.28. The molecular formula is C18H28N2O3S. The third-order valence-corrected chi connectivity index (χ3v) is 6.65. The molecule has 0 aromatic heterocycles. The number of aryl methyl sites for hydroxylation is 1. The smallest absolute Gasteiger partial charge is 0.224 e. The van der Waals surface area contributed by atoms with Crippen molar-refractivity contribution in [1.29, 1.82) is 0 Å². The van der Waals surface area contributed by atoms with Crippen molar-refractivity contribution in [2.75, 3.05) is 18.8 Å². The summed E-state index contributed by atoms with van der Waals surface area (Å²) in [5.41, 5.74) is 2.28. The normalized spacial score (nSPS) is 20.5. The molecule has 0 saturated carbocycles. The molecule has 0 unspecified atom stereocenters. The number of amides is 1. The minimum Gasteiger partial charge on any atom is -0.349 e. The number of rotatable bonds is 6. The molecule has 1 aliphatic heterocycles. The number of benzene rings is 1. The Hall–Kier alpha value is -1.40. The van der Waals surface area contributed by atoms with E-state index in [1.54, 1.807) is 6.92 Å². The Morgan fingerprint density at radius 3 is 2.67 bits per heavy atom. The van der Waals surface area contributed by atoms with E-state index < -0.39 is 10.0 Å². The summed E-state index contributed by atoms with van der Waals surface area (Å²) in [4.78, 5) is 12.7. The highest BCUT2D eigenvalue weighted by molar-refractivity contribution is 7.89. The first-order valence-corrected chi connectivity index (χ1v) is 10.3. The van der Waals surface area contributed by atoms with E-state index in [2.05, 4.69) is 5.32 Å². The van der Waals surface area contributed by atoms with Crippen LogP contribution in [-0.2, 0) is 14.8 Å². The van der Waals surface area contributed by atoms with Crippen LogP contribution in [0.4, 0.5) is 0 Å². The first-order chi connectivity index (χ1) is 11.4. The predicted molar refractivity (Wildman–Crippen MR) is 96.1 cm³/mol. The third kappa shape index (κ3) is 4.36. The van der Waals surface area contributed by atoms with E-state index in [1.165, 1.54) is 4.31 Å². The highest BCUT2D eigenvalue weighted by Crippen LogP contribution is 2.24. The Morgan fingerprint density at radius 2 is 2.04 bits per heavy atom. The minimum absolute atomic E-state index is 0.0307. The third-order valence-electron chi connectivity index (χ3n) is 4.80. The lowest BCUT2D eigenvalue weighted by molar-refractivity contribution is -0.126. The van der Waals surface area contributed by atoms with Crippen LogP contribution in [0, 0.1) is 12.8 Å². The van der Waals surface area contributed by atoms with Crippen LogP contribution in [0.15, 0.2) is 24.3 Å². The second-order valence-corrected chi connectivity index (χ2v) is 8.68. The summed E-state index contributed by atoms with van der Waals surface area (Å²) in [5, 5.41) is 3.12. The molecule has 5 nitrogen and oxygen atoms in total. The first-order valence-electron chi connectivity index (χ1n) is 8.72. The molecule has 0 radical (unpaired) electrons. The molecule has 2 atom stereocenters. The van der Waals surface area contributed by atoms with Crippen LogP contribution in [0.1, 0.15) is 50.3 Å². The molecule has 1 amide bonds. The molecule has 1 aliphatic rings. The van der Waals surface area contributed by atoms with Crippen molar-refractivity contribution >= 4 is 15.9 Å². The molecule has 1 aromatic carbocycles. The maximum Gasteiger partial charge on any atom is 0.224 e. The highest BCUT2D eigenvalue weighted by atomic mass is 32.2. The summed E-state index contributed by atoms with van der Waals surface area (Å²) in [6, 6.07) is 8.02. The van der Waals surface area contributed by atoms with Gasteiger partial charge in [-0.05, 0) is 44.2 Å². The molecule has 1 fully saturated rings. The van der Waals surface area contributed by atoms with E-state index in [-0.39, 0.29) is 23.6 Å². The van der Waals surface area contributed by atoms with Gasteiger partial charge in [0.1, 0.15) is 0 Å². The Morgan fingerprint density at radius 1 is 1.33 bits per heavy atom. The fraction of sp³-hybridized carbons (Fsp3) is 0.611. The number of nitrogens with one attached hydrogen (secondary N) is 1. The topological polar surface area (TPSA) is 66.5 Å². The van der Waals surface area contributed by atoms with Gasteiger partial charge in [0.15, 0.2) is 0 Å². The standard InChI is InChI=1S/C18H28N2O3S/c1-4-17(16-11-7-6-9-14(16)3)19-18(21)15-10-8-12-20(13-15)24(22,23)5-2/h6-7,9,11,15,17H,4-5,8,10,12-13H2,1-3H3,(H,19,21)/t15-,17+/m0/s1. The van der Waals surface area contributed by atoms with Gasteiger partial charge in [-0.25, -0.2) is 12.7 Å². The highest BCUT2D eigenvalue weighted by Gasteiger charge is 2.32. The fourth-order valence-electron chi connectivity index (χ4n) is 3.26. The molecule has 1 aromatic rings. The average molecular weight is 353 g/mol. The van der Waals surface area contributed by atoms with Gasteiger partial charge in [-0.1, -0.05) is 31.2 Å². The summed E-state index contributed by atoms with van der Waals surface area (Å²) in [7, 11) is -3.23. The number of hydrogen-bond donors (Lipinski definition) is 1. The fourth-order valence-corrected chi connectivity index (χ4v) is 4.44. The van der Waals surface area contributed by atoms with Gasteiger partial charge in [-0.15, -0.1) is 0 Å². The quantitative estimate of drug-likeness (QED) is 0.856. The van der Waals surface area contributed by atoms with Gasteiger partial charge in [-0.3, -0.25) is 4.79 Å². The number of carbonyl (C=O) groups excluding carboxylic acids is 1. The average Bonchev–Trinajstić information content (AvgIpc) is 2.60. The van der Waals surface area contributed by atoms with E-state index >= 15 is 0 Å². The van der Waals surface area contributed by atoms with E-state index in [1.807, 2.05) is 38.1 Å². The lowest BCUT2D eigenvalue weighted by Gasteiger charge is -2.32. The van der Waals surface area contributed by atoms with Crippen LogP contribution >= 0.6 is 0 Å². The minimum atomic E-state index is -3.23. The zero-order chi connectivity index (χ0) is 17.7. The lowest BCUT2D eigenvalue weighted by atomic mass is 9.95. The SMILES string of the molecule is CC[C@@H](NC(=O)[C@H]1CCCN(S(=O)(=O)CC)C1)c1ccccc1C. The van der Waals surface area contributed by atoms with Gasteiger partial charge in [0, 0.05) is 13.1 Å². The molecule has 1 N–H and O–H groups in total. The molecule has 1 saturated heterocycles. The van der Waals surface area contributed by atoms with E-state index in [9.17, 15) is 13.2 Å². The maximum absolute atomic E-state index is 12.7. The summed E-state index contributed by atoms with van der Waals surface area (Å²) >= 11 is 0. The molecule has 6 heteroatoms. The molecule has 0 bridgehead atoms. The zero-order valence-corrected chi connectivity index (χ0v) is 15.6. The first kappa shape index (κ1) is 18.9. The van der Waals surface area contributed by atoms with Crippen LogP contribution in [0.25, 0.3) is 0 Å². The number of sulfonamides is 1. The van der Waals surface area contributed by atoms with E-state index in [0.717, 1.165) is 30.4 Å². The van der Waals surface area contributed by atoms with Gasteiger partial charge in [-0.2, -0.15) is 0 Å². The van der Waals surface area contributed by atoms with Crippen LogP contribution in [0.2, 0.25) is 0 Å². The van der Waals surface area contributed by atoms with Gasteiger partial charge >= 0.3 is 0 Å². The number of hydrogen-bond acceptors (Lipinski definition) is 3. The molecule has 1 heterocycles. The second kappa shape index (κ2) is 8.12. The van der Waals surface area contributed by atoms with Gasteiger partial charge < -0.3 is 5.32 Å². The van der Waals surface area contributed by atoms with E-state index in [0.29, 0.717) is 13.1 Å².